The van der Waals surface area contributed by atoms with Gasteiger partial charge in [-0.1, -0.05) is 6.07 Å². The van der Waals surface area contributed by atoms with Gasteiger partial charge in [0.15, 0.2) is 0 Å². The van der Waals surface area contributed by atoms with Crippen LogP contribution < -0.4 is 27.4 Å². The van der Waals surface area contributed by atoms with E-state index in [2.05, 4.69) is 25.9 Å². The highest BCUT2D eigenvalue weighted by molar-refractivity contribution is 5.98. The Kier molecular flexibility index (Phi) is 5.68. The van der Waals surface area contributed by atoms with Crippen molar-refractivity contribution in [1.29, 1.82) is 0 Å². The molecule has 0 saturated carbocycles. The summed E-state index contributed by atoms with van der Waals surface area (Å²) < 4.78 is 0. The summed E-state index contributed by atoms with van der Waals surface area (Å²) in [5.74, 6) is -1.32. The second kappa shape index (κ2) is 7.92. The monoisotopic (exact) mass is 357 g/mol. The number of carbonyl (C=O) groups is 3. The van der Waals surface area contributed by atoms with Gasteiger partial charge in [-0.2, -0.15) is 4.98 Å². The number of amides is 3. The summed E-state index contributed by atoms with van der Waals surface area (Å²) in [6.07, 6.45) is 1.24. The highest BCUT2D eigenvalue weighted by Crippen LogP contribution is 2.20. The molecule has 2 aromatic rings. The first-order chi connectivity index (χ1) is 12.3. The summed E-state index contributed by atoms with van der Waals surface area (Å²) in [5.41, 5.74) is 11.7. The van der Waals surface area contributed by atoms with E-state index >= 15 is 0 Å². The fourth-order valence-electron chi connectivity index (χ4n) is 2.02. The minimum Gasteiger partial charge on any atom is -0.368 e. The number of nitrogens with two attached hydrogens (primary N) is 2. The average Bonchev–Trinajstić information content (AvgIpc) is 2.54. The predicted molar refractivity (Wildman–Crippen MR) is 96.9 cm³/mol. The van der Waals surface area contributed by atoms with Crippen molar-refractivity contribution < 1.29 is 14.4 Å². The molecule has 136 valence electrons. The molecule has 0 aliphatic carbocycles. The largest absolute Gasteiger partial charge is 0.368 e. The minimum atomic E-state index is -0.765. The number of aromatic nitrogens is 2. The van der Waals surface area contributed by atoms with E-state index in [9.17, 15) is 14.4 Å². The number of carbonyl (C=O) groups excluding carboxylic acids is 3. The third-order valence-corrected chi connectivity index (χ3v) is 3.27. The highest BCUT2D eigenvalue weighted by atomic mass is 16.2. The summed E-state index contributed by atoms with van der Waals surface area (Å²) in [4.78, 5) is 42.1. The third kappa shape index (κ3) is 4.90. The maximum atomic E-state index is 11.5. The van der Waals surface area contributed by atoms with Gasteiger partial charge in [-0.3, -0.25) is 14.4 Å². The molecule has 0 bridgehead atoms. The number of hydrogen-bond donors (Lipinski definition) is 5. The second-order valence-electron chi connectivity index (χ2n) is 5.48. The Morgan fingerprint density at radius 2 is 1.85 bits per heavy atom. The highest BCUT2D eigenvalue weighted by Gasteiger charge is 2.16. The van der Waals surface area contributed by atoms with Gasteiger partial charge in [0.2, 0.25) is 17.8 Å². The summed E-state index contributed by atoms with van der Waals surface area (Å²) in [7, 11) is 0. The van der Waals surface area contributed by atoms with Gasteiger partial charge in [0.25, 0.3) is 5.91 Å². The molecule has 1 heterocycles. The van der Waals surface area contributed by atoms with Crippen LogP contribution in [-0.2, 0) is 9.59 Å². The van der Waals surface area contributed by atoms with Crippen LogP contribution in [0.4, 0.5) is 23.1 Å². The fourth-order valence-corrected chi connectivity index (χ4v) is 2.02. The number of benzene rings is 1. The minimum absolute atomic E-state index is 0.0237. The lowest BCUT2D eigenvalue weighted by molar-refractivity contribution is -0.118. The lowest BCUT2D eigenvalue weighted by atomic mass is 10.2. The first-order valence-electron chi connectivity index (χ1n) is 7.63. The van der Waals surface area contributed by atoms with Gasteiger partial charge in [0.1, 0.15) is 11.9 Å². The first kappa shape index (κ1) is 18.6. The van der Waals surface area contributed by atoms with E-state index in [1.54, 1.807) is 24.3 Å². The van der Waals surface area contributed by atoms with Gasteiger partial charge in [0.05, 0.1) is 5.56 Å². The van der Waals surface area contributed by atoms with Gasteiger partial charge in [-0.05, 0) is 25.1 Å². The van der Waals surface area contributed by atoms with Crippen LogP contribution in [0.3, 0.4) is 0 Å². The lowest BCUT2D eigenvalue weighted by Crippen LogP contribution is -2.33. The average molecular weight is 357 g/mol. The smallest absolute Gasteiger partial charge is 0.254 e. The molecular formula is C16H19N7O3. The van der Waals surface area contributed by atoms with Crippen molar-refractivity contribution in [2.45, 2.75) is 19.9 Å². The summed E-state index contributed by atoms with van der Waals surface area (Å²) in [6.45, 7) is 2.93. The maximum Gasteiger partial charge on any atom is 0.254 e. The van der Waals surface area contributed by atoms with E-state index in [1.807, 2.05) is 0 Å². The van der Waals surface area contributed by atoms with Gasteiger partial charge < -0.3 is 27.4 Å². The molecule has 1 atom stereocenters. The third-order valence-electron chi connectivity index (χ3n) is 3.27. The summed E-state index contributed by atoms with van der Waals surface area (Å²) in [6, 6.07) is 6.13. The van der Waals surface area contributed by atoms with Crippen molar-refractivity contribution in [3.05, 3.63) is 36.0 Å². The fraction of sp³-hybridized carbons (Fsp3) is 0.188. The number of primary amides is 2. The Morgan fingerprint density at radius 3 is 2.46 bits per heavy atom. The molecule has 0 fully saturated rings. The molecule has 10 heteroatoms. The summed E-state index contributed by atoms with van der Waals surface area (Å²) in [5, 5.41) is 8.34. The Hall–Kier alpha value is -3.69. The quantitative estimate of drug-likeness (QED) is 0.483. The SMILES string of the molecule is CC(=O)Nc1cccc(Nc2ncc(C(N)=O)c(N[C@H](C)C(N)=O)n2)c1. The maximum absolute atomic E-state index is 11.5. The zero-order chi connectivity index (χ0) is 19.3. The molecule has 1 aromatic carbocycles. The van der Waals surface area contributed by atoms with E-state index < -0.39 is 17.9 Å². The molecule has 7 N–H and O–H groups in total. The normalized spacial score (nSPS) is 11.3. The number of hydrogen-bond acceptors (Lipinski definition) is 7. The van der Waals surface area contributed by atoms with Gasteiger partial charge >= 0.3 is 0 Å². The van der Waals surface area contributed by atoms with Crippen molar-refractivity contribution >= 4 is 40.9 Å². The Morgan fingerprint density at radius 1 is 1.15 bits per heavy atom. The van der Waals surface area contributed by atoms with Crippen LogP contribution in [0.15, 0.2) is 30.5 Å². The molecule has 0 unspecified atom stereocenters. The van der Waals surface area contributed by atoms with Crippen molar-refractivity contribution in [2.75, 3.05) is 16.0 Å². The van der Waals surface area contributed by atoms with Crippen LogP contribution in [-0.4, -0.2) is 33.7 Å². The number of anilines is 4. The molecule has 0 aliphatic heterocycles. The Balaban J connectivity index is 2.28. The van der Waals surface area contributed by atoms with Gasteiger partial charge in [0, 0.05) is 24.5 Å². The summed E-state index contributed by atoms with van der Waals surface area (Å²) >= 11 is 0. The molecule has 10 nitrogen and oxygen atoms in total. The van der Waals surface area contributed by atoms with Crippen molar-refractivity contribution in [3.63, 3.8) is 0 Å². The Bertz CT molecular complexity index is 853. The standard InChI is InChI=1S/C16H19N7O3/c1-8(13(17)25)20-15-12(14(18)26)7-19-16(23-15)22-11-5-3-4-10(6-11)21-9(2)24/h3-8H,1-2H3,(H2,17,25)(H2,18,26)(H,21,24)(H2,19,20,22,23)/t8-/m1/s1. The zero-order valence-electron chi connectivity index (χ0n) is 14.2. The van der Waals surface area contributed by atoms with Crippen LogP contribution in [0, 0.1) is 0 Å². The lowest BCUT2D eigenvalue weighted by Gasteiger charge is -2.14. The van der Waals surface area contributed by atoms with E-state index in [1.165, 1.54) is 20.0 Å². The molecule has 0 saturated heterocycles. The molecular weight excluding hydrogens is 338 g/mol. The second-order valence-corrected chi connectivity index (χ2v) is 5.48. The zero-order valence-corrected chi connectivity index (χ0v) is 14.2. The van der Waals surface area contributed by atoms with Crippen LogP contribution in [0.25, 0.3) is 0 Å². The van der Waals surface area contributed by atoms with E-state index in [-0.39, 0.29) is 23.2 Å². The van der Waals surface area contributed by atoms with E-state index in [0.29, 0.717) is 11.4 Å². The molecule has 0 spiro atoms. The number of nitrogens with zero attached hydrogens (tertiary/aromatic N) is 2. The molecule has 3 amide bonds. The van der Waals surface area contributed by atoms with Crippen LogP contribution in [0.1, 0.15) is 24.2 Å². The molecule has 26 heavy (non-hydrogen) atoms. The van der Waals surface area contributed by atoms with Crippen molar-refractivity contribution in [1.82, 2.24) is 9.97 Å². The van der Waals surface area contributed by atoms with E-state index in [4.69, 9.17) is 11.5 Å². The first-order valence-corrected chi connectivity index (χ1v) is 7.63. The molecule has 0 radical (unpaired) electrons. The number of nitrogens with one attached hydrogen (secondary N) is 3. The Labute approximate surface area is 149 Å². The van der Waals surface area contributed by atoms with Crippen LogP contribution in [0.2, 0.25) is 0 Å². The van der Waals surface area contributed by atoms with Gasteiger partial charge in [-0.25, -0.2) is 4.98 Å². The van der Waals surface area contributed by atoms with E-state index in [0.717, 1.165) is 0 Å². The van der Waals surface area contributed by atoms with Crippen molar-refractivity contribution in [2.24, 2.45) is 11.5 Å². The number of rotatable bonds is 7. The van der Waals surface area contributed by atoms with Gasteiger partial charge in [-0.15, -0.1) is 0 Å². The predicted octanol–water partition coefficient (Wildman–Crippen LogP) is 0.563. The topological polar surface area (TPSA) is 165 Å². The molecule has 2 rings (SSSR count). The van der Waals surface area contributed by atoms with Crippen LogP contribution >= 0.6 is 0 Å². The van der Waals surface area contributed by atoms with Crippen molar-refractivity contribution in [3.8, 4) is 0 Å². The van der Waals surface area contributed by atoms with Crippen LogP contribution in [0.5, 0.6) is 0 Å². The molecule has 0 aliphatic rings. The molecule has 1 aromatic heterocycles.